The molecule has 3 nitrogen and oxygen atoms in total. The number of thiazole rings is 1. The summed E-state index contributed by atoms with van der Waals surface area (Å²) in [5, 5.41) is 3.15. The van der Waals surface area contributed by atoms with E-state index in [1.54, 1.807) is 29.0 Å². The van der Waals surface area contributed by atoms with E-state index < -0.39 is 0 Å². The predicted molar refractivity (Wildman–Crippen MR) is 73.7 cm³/mol. The van der Waals surface area contributed by atoms with Gasteiger partial charge in [0.15, 0.2) is 0 Å². The van der Waals surface area contributed by atoms with Gasteiger partial charge in [0.2, 0.25) is 0 Å². The van der Waals surface area contributed by atoms with Gasteiger partial charge in [0.25, 0.3) is 0 Å². The quantitative estimate of drug-likeness (QED) is 0.689. The van der Waals surface area contributed by atoms with Crippen LogP contribution in [0, 0.1) is 5.82 Å². The monoisotopic (exact) mass is 259 g/mol. The van der Waals surface area contributed by atoms with Crippen molar-refractivity contribution >= 4 is 38.6 Å². The van der Waals surface area contributed by atoms with E-state index in [2.05, 4.69) is 10.3 Å². The normalized spacial score (nSPS) is 10.7. The molecule has 5 heteroatoms. The molecule has 3 rings (SSSR count). The lowest BCUT2D eigenvalue weighted by atomic mass is 10.2. The first-order valence-electron chi connectivity index (χ1n) is 5.38. The fourth-order valence-electron chi connectivity index (χ4n) is 1.75. The standard InChI is InChI=1S/C13H10FN3S/c14-8-1-3-9(4-2-8)17-10-5-6-11-13(12(10)15)16-7-18-11/h1-7,17H,15H2. The van der Waals surface area contributed by atoms with Crippen molar-refractivity contribution in [2.45, 2.75) is 0 Å². The molecule has 3 N–H and O–H groups in total. The first kappa shape index (κ1) is 11.0. The van der Waals surface area contributed by atoms with Gasteiger partial charge in [-0.25, -0.2) is 9.37 Å². The first-order valence-corrected chi connectivity index (χ1v) is 6.26. The van der Waals surface area contributed by atoms with Gasteiger partial charge < -0.3 is 11.1 Å². The summed E-state index contributed by atoms with van der Waals surface area (Å²) in [6, 6.07) is 10.0. The van der Waals surface area contributed by atoms with Crippen molar-refractivity contribution in [3.05, 3.63) is 47.7 Å². The zero-order chi connectivity index (χ0) is 12.5. The molecular weight excluding hydrogens is 249 g/mol. The summed E-state index contributed by atoms with van der Waals surface area (Å²) in [4.78, 5) is 4.23. The lowest BCUT2D eigenvalue weighted by molar-refractivity contribution is 0.628. The molecule has 1 aromatic heterocycles. The molecule has 0 spiro atoms. The Kier molecular flexibility index (Phi) is 2.60. The summed E-state index contributed by atoms with van der Waals surface area (Å²) in [5.74, 6) is -0.261. The van der Waals surface area contributed by atoms with Crippen LogP contribution in [-0.4, -0.2) is 4.98 Å². The van der Waals surface area contributed by atoms with Gasteiger partial charge in [-0.1, -0.05) is 0 Å². The third-order valence-electron chi connectivity index (χ3n) is 2.66. The molecule has 18 heavy (non-hydrogen) atoms. The maximum atomic E-state index is 12.8. The number of aromatic nitrogens is 1. The minimum absolute atomic E-state index is 0.261. The van der Waals surface area contributed by atoms with Gasteiger partial charge >= 0.3 is 0 Å². The molecule has 1 heterocycles. The zero-order valence-corrected chi connectivity index (χ0v) is 10.2. The van der Waals surface area contributed by atoms with Crippen LogP contribution < -0.4 is 11.1 Å². The number of benzene rings is 2. The summed E-state index contributed by atoms with van der Waals surface area (Å²) in [5.41, 5.74) is 10.8. The Morgan fingerprint density at radius 1 is 1.11 bits per heavy atom. The molecule has 0 radical (unpaired) electrons. The number of nitrogens with two attached hydrogens (primary N) is 1. The number of fused-ring (bicyclic) bond motifs is 1. The zero-order valence-electron chi connectivity index (χ0n) is 9.35. The molecule has 0 aliphatic carbocycles. The molecule has 0 unspecified atom stereocenters. The summed E-state index contributed by atoms with van der Waals surface area (Å²) in [7, 11) is 0. The van der Waals surface area contributed by atoms with Crippen molar-refractivity contribution in [1.82, 2.24) is 4.98 Å². The first-order chi connectivity index (χ1) is 8.74. The molecule has 0 aliphatic heterocycles. The van der Waals surface area contributed by atoms with Gasteiger partial charge in [0.1, 0.15) is 11.3 Å². The highest BCUT2D eigenvalue weighted by atomic mass is 32.1. The molecule has 0 aliphatic rings. The Hall–Kier alpha value is -2.14. The minimum Gasteiger partial charge on any atom is -0.395 e. The smallest absolute Gasteiger partial charge is 0.123 e. The molecule has 2 aromatic carbocycles. The number of nitrogen functional groups attached to an aromatic ring is 1. The van der Waals surface area contributed by atoms with E-state index in [4.69, 9.17) is 5.73 Å². The summed E-state index contributed by atoms with van der Waals surface area (Å²) >= 11 is 1.55. The summed E-state index contributed by atoms with van der Waals surface area (Å²) in [6.45, 7) is 0. The highest BCUT2D eigenvalue weighted by Gasteiger charge is 2.06. The van der Waals surface area contributed by atoms with E-state index in [1.165, 1.54) is 12.1 Å². The summed E-state index contributed by atoms with van der Waals surface area (Å²) in [6.07, 6.45) is 0. The molecule has 90 valence electrons. The molecule has 0 saturated carbocycles. The van der Waals surface area contributed by atoms with Crippen LogP contribution in [0.15, 0.2) is 41.9 Å². The van der Waals surface area contributed by atoms with Gasteiger partial charge in [-0.05, 0) is 36.4 Å². The van der Waals surface area contributed by atoms with E-state index in [0.29, 0.717) is 5.69 Å². The molecule has 0 fully saturated rings. The second kappa shape index (κ2) is 4.27. The predicted octanol–water partition coefficient (Wildman–Crippen LogP) is 3.76. The highest BCUT2D eigenvalue weighted by molar-refractivity contribution is 7.16. The number of nitrogens with one attached hydrogen (secondary N) is 1. The van der Waals surface area contributed by atoms with Crippen molar-refractivity contribution in [2.24, 2.45) is 0 Å². The molecule has 0 amide bonds. The summed E-state index contributed by atoms with van der Waals surface area (Å²) < 4.78 is 13.9. The van der Waals surface area contributed by atoms with E-state index >= 15 is 0 Å². The number of nitrogens with zero attached hydrogens (tertiary/aromatic N) is 1. The van der Waals surface area contributed by atoms with Gasteiger partial charge in [0, 0.05) is 5.69 Å². The Balaban J connectivity index is 1.99. The van der Waals surface area contributed by atoms with Crippen LogP contribution in [0.4, 0.5) is 21.5 Å². The number of halogens is 1. The van der Waals surface area contributed by atoms with Crippen LogP contribution in [-0.2, 0) is 0 Å². The molecule has 0 bridgehead atoms. The van der Waals surface area contributed by atoms with Crippen molar-refractivity contribution in [1.29, 1.82) is 0 Å². The van der Waals surface area contributed by atoms with Gasteiger partial charge in [-0.3, -0.25) is 0 Å². The van der Waals surface area contributed by atoms with E-state index in [0.717, 1.165) is 21.6 Å². The third kappa shape index (κ3) is 1.89. The van der Waals surface area contributed by atoms with Crippen molar-refractivity contribution < 1.29 is 4.39 Å². The lowest BCUT2D eigenvalue weighted by Crippen LogP contribution is -1.97. The van der Waals surface area contributed by atoms with Crippen LogP contribution in [0.3, 0.4) is 0 Å². The second-order valence-electron chi connectivity index (χ2n) is 3.86. The Morgan fingerprint density at radius 2 is 1.89 bits per heavy atom. The van der Waals surface area contributed by atoms with Crippen molar-refractivity contribution in [2.75, 3.05) is 11.1 Å². The van der Waals surface area contributed by atoms with Crippen LogP contribution in [0.2, 0.25) is 0 Å². The SMILES string of the molecule is Nc1c(Nc2ccc(F)cc2)ccc2scnc12. The highest BCUT2D eigenvalue weighted by Crippen LogP contribution is 2.31. The van der Waals surface area contributed by atoms with Crippen molar-refractivity contribution in [3.8, 4) is 0 Å². The Labute approximate surface area is 107 Å². The van der Waals surface area contributed by atoms with Gasteiger partial charge in [-0.2, -0.15) is 0 Å². The molecule has 0 atom stereocenters. The topological polar surface area (TPSA) is 50.9 Å². The molecule has 3 aromatic rings. The van der Waals surface area contributed by atoms with Crippen LogP contribution in [0.25, 0.3) is 10.2 Å². The van der Waals surface area contributed by atoms with E-state index in [9.17, 15) is 4.39 Å². The van der Waals surface area contributed by atoms with Crippen molar-refractivity contribution in [3.63, 3.8) is 0 Å². The second-order valence-corrected chi connectivity index (χ2v) is 4.74. The average Bonchev–Trinajstić information content (AvgIpc) is 2.84. The number of hydrogen-bond acceptors (Lipinski definition) is 4. The Bertz CT molecular complexity index is 691. The average molecular weight is 259 g/mol. The van der Waals surface area contributed by atoms with Crippen LogP contribution in [0.5, 0.6) is 0 Å². The third-order valence-corrected chi connectivity index (χ3v) is 3.46. The minimum atomic E-state index is -0.261. The number of rotatable bonds is 2. The fraction of sp³-hybridized carbons (Fsp3) is 0. The maximum Gasteiger partial charge on any atom is 0.123 e. The number of anilines is 3. The van der Waals surface area contributed by atoms with Crippen LogP contribution >= 0.6 is 11.3 Å². The fourth-order valence-corrected chi connectivity index (χ4v) is 2.44. The largest absolute Gasteiger partial charge is 0.395 e. The molecule has 0 saturated heterocycles. The van der Waals surface area contributed by atoms with E-state index in [-0.39, 0.29) is 5.82 Å². The lowest BCUT2D eigenvalue weighted by Gasteiger charge is -2.09. The van der Waals surface area contributed by atoms with Crippen LogP contribution in [0.1, 0.15) is 0 Å². The number of hydrogen-bond donors (Lipinski definition) is 2. The Morgan fingerprint density at radius 3 is 2.67 bits per heavy atom. The maximum absolute atomic E-state index is 12.8. The van der Waals surface area contributed by atoms with Gasteiger partial charge in [-0.15, -0.1) is 11.3 Å². The molecular formula is C13H10FN3S. The van der Waals surface area contributed by atoms with E-state index in [1.807, 2.05) is 12.1 Å². The van der Waals surface area contributed by atoms with Gasteiger partial charge in [0.05, 0.1) is 21.6 Å².